The molecule has 1 fully saturated rings. The van der Waals surface area contributed by atoms with Crippen molar-refractivity contribution < 1.29 is 4.79 Å². The Morgan fingerprint density at radius 1 is 0.842 bits per heavy atom. The molecule has 1 aromatic heterocycles. The molecule has 2 N–H and O–H groups in total. The third-order valence-corrected chi connectivity index (χ3v) is 7.38. The molecule has 1 aliphatic rings. The molecule has 5 rings (SSSR count). The first-order valence-corrected chi connectivity index (χ1v) is 13.7. The molecule has 0 radical (unpaired) electrons. The van der Waals surface area contributed by atoms with Crippen molar-refractivity contribution in [3.63, 3.8) is 0 Å². The molecule has 0 aliphatic heterocycles. The van der Waals surface area contributed by atoms with E-state index in [0.29, 0.717) is 17.6 Å². The van der Waals surface area contributed by atoms with E-state index in [1.165, 1.54) is 11.1 Å². The molecule has 4 aromatic rings. The number of hydrogen-bond donors (Lipinski definition) is 2. The number of hydrogen-bond acceptors (Lipinski definition) is 5. The number of aromatic nitrogens is 2. The number of benzene rings is 3. The Hall–Kier alpha value is -3.93. The van der Waals surface area contributed by atoms with Crippen molar-refractivity contribution in [3.05, 3.63) is 83.9 Å². The van der Waals surface area contributed by atoms with Crippen molar-refractivity contribution in [2.45, 2.75) is 57.5 Å². The summed E-state index contributed by atoms with van der Waals surface area (Å²) < 4.78 is 0. The Kier molecular flexibility index (Phi) is 7.87. The third-order valence-electron chi connectivity index (χ3n) is 7.38. The molecular formula is C32H37N5O. The highest BCUT2D eigenvalue weighted by atomic mass is 16.1. The number of anilines is 2. The maximum absolute atomic E-state index is 12.9. The number of rotatable bonds is 8. The minimum Gasteiger partial charge on any atom is -0.362 e. The van der Waals surface area contributed by atoms with Crippen LogP contribution in [0.15, 0.2) is 72.8 Å². The van der Waals surface area contributed by atoms with Crippen molar-refractivity contribution in [2.75, 3.05) is 24.3 Å². The predicted molar refractivity (Wildman–Crippen MR) is 157 cm³/mol. The van der Waals surface area contributed by atoms with Crippen LogP contribution in [0.4, 0.5) is 11.8 Å². The highest BCUT2D eigenvalue weighted by molar-refractivity contribution is 5.95. The summed E-state index contributed by atoms with van der Waals surface area (Å²) >= 11 is 0. The van der Waals surface area contributed by atoms with E-state index >= 15 is 0 Å². The Morgan fingerprint density at radius 3 is 2.13 bits per heavy atom. The van der Waals surface area contributed by atoms with E-state index in [4.69, 9.17) is 9.97 Å². The summed E-state index contributed by atoms with van der Waals surface area (Å²) in [5, 5.41) is 7.84. The molecule has 196 valence electrons. The average molecular weight is 508 g/mol. The highest BCUT2D eigenvalue weighted by Crippen LogP contribution is 2.27. The van der Waals surface area contributed by atoms with E-state index in [1.807, 2.05) is 61.5 Å². The molecular weight excluding hydrogens is 470 g/mol. The number of fused-ring (bicyclic) bond motifs is 1. The van der Waals surface area contributed by atoms with Crippen LogP contribution in [0.25, 0.3) is 22.0 Å². The lowest BCUT2D eigenvalue weighted by Gasteiger charge is -2.30. The molecule has 0 saturated heterocycles. The van der Waals surface area contributed by atoms with E-state index in [2.05, 4.69) is 47.9 Å². The van der Waals surface area contributed by atoms with Gasteiger partial charge in [-0.3, -0.25) is 4.79 Å². The van der Waals surface area contributed by atoms with Crippen molar-refractivity contribution in [1.29, 1.82) is 0 Å². The smallest absolute Gasteiger partial charge is 0.251 e. The summed E-state index contributed by atoms with van der Waals surface area (Å²) in [6, 6.07) is 25.2. The molecule has 3 aromatic carbocycles. The molecule has 1 saturated carbocycles. The second kappa shape index (κ2) is 11.6. The minimum absolute atomic E-state index is 0.000241. The van der Waals surface area contributed by atoms with E-state index in [9.17, 15) is 4.79 Å². The van der Waals surface area contributed by atoms with Crippen molar-refractivity contribution >= 4 is 28.6 Å². The van der Waals surface area contributed by atoms with Gasteiger partial charge < -0.3 is 15.5 Å². The van der Waals surface area contributed by atoms with Gasteiger partial charge in [-0.1, -0.05) is 61.9 Å². The largest absolute Gasteiger partial charge is 0.362 e. The topological polar surface area (TPSA) is 70.2 Å². The number of amides is 1. The normalized spacial score (nSPS) is 17.2. The maximum atomic E-state index is 12.9. The van der Waals surface area contributed by atoms with Crippen LogP contribution in [0.5, 0.6) is 0 Å². The van der Waals surface area contributed by atoms with Crippen molar-refractivity contribution in [3.8, 4) is 11.1 Å². The zero-order chi connectivity index (χ0) is 26.5. The molecule has 6 heteroatoms. The fraction of sp³-hybridized carbons (Fsp3) is 0.344. The van der Waals surface area contributed by atoms with E-state index in [1.54, 1.807) is 0 Å². The zero-order valence-electron chi connectivity index (χ0n) is 22.6. The molecule has 1 aliphatic carbocycles. The van der Waals surface area contributed by atoms with E-state index in [-0.39, 0.29) is 11.9 Å². The zero-order valence-corrected chi connectivity index (χ0v) is 22.6. The second-order valence-electron chi connectivity index (χ2n) is 10.5. The summed E-state index contributed by atoms with van der Waals surface area (Å²) in [4.78, 5) is 24.5. The van der Waals surface area contributed by atoms with Gasteiger partial charge in [-0.25, -0.2) is 4.98 Å². The molecule has 0 bridgehead atoms. The summed E-state index contributed by atoms with van der Waals surface area (Å²) in [6.45, 7) is 2.20. The van der Waals surface area contributed by atoms with Gasteiger partial charge in [0.15, 0.2) is 0 Å². The molecule has 38 heavy (non-hydrogen) atoms. The highest BCUT2D eigenvalue weighted by Gasteiger charge is 2.24. The second-order valence-corrected chi connectivity index (χ2v) is 10.5. The number of aryl methyl sites for hydroxylation is 1. The van der Waals surface area contributed by atoms with Crippen LogP contribution in [0.3, 0.4) is 0 Å². The van der Waals surface area contributed by atoms with Gasteiger partial charge in [-0.2, -0.15) is 4.98 Å². The van der Waals surface area contributed by atoms with Crippen LogP contribution < -0.4 is 15.5 Å². The lowest BCUT2D eigenvalue weighted by molar-refractivity contribution is 0.0926. The number of nitrogens with one attached hydrogen (secondary N) is 2. The van der Waals surface area contributed by atoms with Crippen LogP contribution in [-0.2, 0) is 6.42 Å². The predicted octanol–water partition coefficient (Wildman–Crippen LogP) is 6.47. The first kappa shape index (κ1) is 25.7. The van der Waals surface area contributed by atoms with Gasteiger partial charge in [0.05, 0.1) is 5.52 Å². The number of carbonyl (C=O) groups excluding carboxylic acids is 1. The number of nitrogens with zero attached hydrogens (tertiary/aromatic N) is 3. The van der Waals surface area contributed by atoms with Gasteiger partial charge in [0.25, 0.3) is 5.91 Å². The first-order valence-electron chi connectivity index (χ1n) is 13.7. The van der Waals surface area contributed by atoms with Crippen LogP contribution in [0.2, 0.25) is 0 Å². The van der Waals surface area contributed by atoms with Crippen LogP contribution in [0, 0.1) is 0 Å². The third kappa shape index (κ3) is 5.96. The Bertz CT molecular complexity index is 1370. The average Bonchev–Trinajstić information content (AvgIpc) is 2.94. The Morgan fingerprint density at radius 2 is 1.47 bits per heavy atom. The molecule has 0 unspecified atom stereocenters. The molecule has 6 nitrogen and oxygen atoms in total. The van der Waals surface area contributed by atoms with Gasteiger partial charge in [-0.05, 0) is 73.1 Å². The number of carbonyl (C=O) groups is 1. The van der Waals surface area contributed by atoms with Gasteiger partial charge in [0, 0.05) is 37.1 Å². The lowest BCUT2D eigenvalue weighted by atomic mass is 9.91. The van der Waals surface area contributed by atoms with Gasteiger partial charge in [0.1, 0.15) is 5.82 Å². The monoisotopic (exact) mass is 507 g/mol. The minimum atomic E-state index is -0.000241. The summed E-state index contributed by atoms with van der Waals surface area (Å²) in [7, 11) is 4.01. The van der Waals surface area contributed by atoms with Gasteiger partial charge in [-0.15, -0.1) is 0 Å². The van der Waals surface area contributed by atoms with Crippen molar-refractivity contribution in [2.24, 2.45) is 0 Å². The van der Waals surface area contributed by atoms with Gasteiger partial charge >= 0.3 is 0 Å². The van der Waals surface area contributed by atoms with E-state index < -0.39 is 0 Å². The molecule has 0 atom stereocenters. The molecule has 1 amide bonds. The molecule has 0 spiro atoms. The number of para-hydroxylation sites is 1. The maximum Gasteiger partial charge on any atom is 0.251 e. The van der Waals surface area contributed by atoms with Crippen LogP contribution >= 0.6 is 0 Å². The lowest BCUT2D eigenvalue weighted by Crippen LogP contribution is -2.40. The van der Waals surface area contributed by atoms with Crippen LogP contribution in [-0.4, -0.2) is 42.1 Å². The van der Waals surface area contributed by atoms with Crippen molar-refractivity contribution in [1.82, 2.24) is 15.3 Å². The molecule has 1 heterocycles. The first-order chi connectivity index (χ1) is 18.5. The Labute approximate surface area is 225 Å². The van der Waals surface area contributed by atoms with Gasteiger partial charge in [0.2, 0.25) is 5.95 Å². The standard InChI is InChI=1S/C32H37N5O/c1-4-7-22-10-12-23(13-11-22)24-14-16-25(17-15-24)31(38)33-26-18-20-27(21-19-26)34-32-35-29-9-6-5-8-28(29)30(36-32)37(2)3/h5-6,8-17,26-27H,4,7,18-21H2,1-3H3,(H,33,38)(H,34,35,36)/t26-,27+. The summed E-state index contributed by atoms with van der Waals surface area (Å²) in [6.07, 6.45) is 6.04. The van der Waals surface area contributed by atoms with Crippen LogP contribution in [0.1, 0.15) is 54.9 Å². The summed E-state index contributed by atoms with van der Waals surface area (Å²) in [5.41, 5.74) is 5.31. The summed E-state index contributed by atoms with van der Waals surface area (Å²) in [5.74, 6) is 1.58. The quantitative estimate of drug-likeness (QED) is 0.286. The fourth-order valence-electron chi connectivity index (χ4n) is 5.27. The Balaban J connectivity index is 1.15. The fourth-order valence-corrected chi connectivity index (χ4v) is 5.27. The SMILES string of the molecule is CCCc1ccc(-c2ccc(C(=O)N[C@H]3CC[C@@H](Nc4nc(N(C)C)c5ccccc5n4)CC3)cc2)cc1. The van der Waals surface area contributed by atoms with E-state index in [0.717, 1.165) is 60.8 Å².